The summed E-state index contributed by atoms with van der Waals surface area (Å²) in [6, 6.07) is 10.5. The zero-order chi connectivity index (χ0) is 16.2. The number of nitrogens with zero attached hydrogens (tertiary/aromatic N) is 3. The highest BCUT2D eigenvalue weighted by Gasteiger charge is 2.21. The maximum atomic E-state index is 12.0. The van der Waals surface area contributed by atoms with E-state index >= 15 is 0 Å². The Morgan fingerprint density at radius 2 is 2.09 bits per heavy atom. The number of benzene rings is 1. The van der Waals surface area contributed by atoms with Crippen LogP contribution < -0.4 is 16.6 Å². The van der Waals surface area contributed by atoms with Gasteiger partial charge in [0.1, 0.15) is 0 Å². The monoisotopic (exact) mass is 315 g/mol. The van der Waals surface area contributed by atoms with Gasteiger partial charge in [0.2, 0.25) is 5.82 Å². The third-order valence-corrected chi connectivity index (χ3v) is 4.17. The van der Waals surface area contributed by atoms with Gasteiger partial charge in [-0.05, 0) is 24.9 Å². The van der Waals surface area contributed by atoms with Crippen LogP contribution in [0.5, 0.6) is 0 Å². The topological polar surface area (TPSA) is 83.0 Å². The molecule has 2 N–H and O–H groups in total. The first-order valence-corrected chi connectivity index (χ1v) is 7.82. The maximum Gasteiger partial charge on any atom is 0.344 e. The third-order valence-electron chi connectivity index (χ3n) is 4.17. The molecule has 0 saturated carbocycles. The van der Waals surface area contributed by atoms with Crippen LogP contribution in [0.1, 0.15) is 18.4 Å². The van der Waals surface area contributed by atoms with Crippen molar-refractivity contribution in [1.82, 2.24) is 19.7 Å². The molecule has 1 aromatic carbocycles. The summed E-state index contributed by atoms with van der Waals surface area (Å²) in [6.45, 7) is 2.79. The normalized spacial score (nSPS) is 18.7. The number of H-pyrrole nitrogens is 1. The SMILES string of the molecule is Cn1c(=O)[nH]nc(N[C@@H]2CCCN(Cc3ccccc3)C2)c1=O. The van der Waals surface area contributed by atoms with Gasteiger partial charge in [0.05, 0.1) is 0 Å². The molecule has 0 radical (unpaired) electrons. The Bertz CT molecular complexity index is 768. The van der Waals surface area contributed by atoms with Crippen molar-refractivity contribution in [3.63, 3.8) is 0 Å². The van der Waals surface area contributed by atoms with Gasteiger partial charge in [0.25, 0.3) is 5.56 Å². The minimum Gasteiger partial charge on any atom is -0.360 e. The summed E-state index contributed by atoms with van der Waals surface area (Å²) >= 11 is 0. The van der Waals surface area contributed by atoms with Crippen molar-refractivity contribution < 1.29 is 0 Å². The fourth-order valence-corrected chi connectivity index (χ4v) is 2.92. The number of nitrogens with one attached hydrogen (secondary N) is 2. The number of aromatic amines is 1. The molecule has 2 heterocycles. The second-order valence-electron chi connectivity index (χ2n) is 5.95. The van der Waals surface area contributed by atoms with E-state index in [1.165, 1.54) is 12.6 Å². The fourth-order valence-electron chi connectivity index (χ4n) is 2.92. The molecule has 0 amide bonds. The molecule has 1 atom stereocenters. The van der Waals surface area contributed by atoms with E-state index in [1.54, 1.807) is 0 Å². The molecule has 122 valence electrons. The quantitative estimate of drug-likeness (QED) is 0.861. The van der Waals surface area contributed by atoms with Crippen LogP contribution in [0.25, 0.3) is 0 Å². The van der Waals surface area contributed by atoms with E-state index in [0.29, 0.717) is 0 Å². The van der Waals surface area contributed by atoms with Crippen molar-refractivity contribution in [2.45, 2.75) is 25.4 Å². The highest BCUT2D eigenvalue weighted by molar-refractivity contribution is 5.31. The lowest BCUT2D eigenvalue weighted by Gasteiger charge is -2.33. The van der Waals surface area contributed by atoms with E-state index in [2.05, 4.69) is 32.5 Å². The lowest BCUT2D eigenvalue weighted by molar-refractivity contribution is 0.208. The molecule has 1 aliphatic rings. The summed E-state index contributed by atoms with van der Waals surface area (Å²) in [5, 5.41) is 9.35. The van der Waals surface area contributed by atoms with Gasteiger partial charge in [-0.3, -0.25) is 14.3 Å². The van der Waals surface area contributed by atoms with Crippen LogP contribution in [0.4, 0.5) is 5.82 Å². The Balaban J connectivity index is 1.66. The Kier molecular flexibility index (Phi) is 4.57. The highest BCUT2D eigenvalue weighted by atomic mass is 16.2. The molecule has 1 aliphatic heterocycles. The predicted molar refractivity (Wildman–Crippen MR) is 88.5 cm³/mol. The van der Waals surface area contributed by atoms with Gasteiger partial charge in [-0.2, -0.15) is 0 Å². The fraction of sp³-hybridized carbons (Fsp3) is 0.438. The van der Waals surface area contributed by atoms with E-state index in [9.17, 15) is 9.59 Å². The summed E-state index contributed by atoms with van der Waals surface area (Å²) in [4.78, 5) is 25.8. The highest BCUT2D eigenvalue weighted by Crippen LogP contribution is 2.15. The molecule has 0 bridgehead atoms. The largest absolute Gasteiger partial charge is 0.360 e. The molecular formula is C16H21N5O2. The minimum atomic E-state index is -0.505. The van der Waals surface area contributed by atoms with Gasteiger partial charge < -0.3 is 5.32 Å². The van der Waals surface area contributed by atoms with Crippen LogP contribution in [0, 0.1) is 0 Å². The van der Waals surface area contributed by atoms with Gasteiger partial charge in [0, 0.05) is 26.2 Å². The Morgan fingerprint density at radius 1 is 1.30 bits per heavy atom. The standard InChI is InChI=1S/C16H21N5O2/c1-20-15(22)14(18-19-16(20)23)17-13-8-5-9-21(11-13)10-12-6-3-2-4-7-12/h2-4,6-7,13H,5,8-11H2,1H3,(H,17,18)(H,19,23)/t13-/m1/s1. The van der Waals surface area contributed by atoms with E-state index in [1.807, 2.05) is 18.2 Å². The van der Waals surface area contributed by atoms with Crippen LogP contribution >= 0.6 is 0 Å². The molecular weight excluding hydrogens is 294 g/mol. The second kappa shape index (κ2) is 6.78. The third kappa shape index (κ3) is 3.68. The number of aromatic nitrogens is 3. The molecule has 1 saturated heterocycles. The summed E-state index contributed by atoms with van der Waals surface area (Å²) in [5.74, 6) is 0.207. The molecule has 0 aliphatic carbocycles. The van der Waals surface area contributed by atoms with Crippen molar-refractivity contribution in [2.75, 3.05) is 18.4 Å². The molecule has 3 rings (SSSR count). The zero-order valence-corrected chi connectivity index (χ0v) is 13.2. The maximum absolute atomic E-state index is 12.0. The number of hydrogen-bond donors (Lipinski definition) is 2. The van der Waals surface area contributed by atoms with Crippen molar-refractivity contribution in [2.24, 2.45) is 7.05 Å². The van der Waals surface area contributed by atoms with Crippen LogP contribution in [-0.4, -0.2) is 38.8 Å². The van der Waals surface area contributed by atoms with Crippen LogP contribution in [0.3, 0.4) is 0 Å². The van der Waals surface area contributed by atoms with Crippen molar-refractivity contribution in [3.8, 4) is 0 Å². The van der Waals surface area contributed by atoms with Crippen LogP contribution in [-0.2, 0) is 13.6 Å². The van der Waals surface area contributed by atoms with E-state index in [0.717, 1.165) is 37.0 Å². The lowest BCUT2D eigenvalue weighted by Crippen LogP contribution is -2.44. The van der Waals surface area contributed by atoms with E-state index < -0.39 is 11.2 Å². The van der Waals surface area contributed by atoms with Crippen molar-refractivity contribution in [3.05, 3.63) is 56.7 Å². The van der Waals surface area contributed by atoms with Gasteiger partial charge in [-0.15, -0.1) is 5.10 Å². The molecule has 2 aromatic rings. The Hall–Kier alpha value is -2.41. The molecule has 7 heteroatoms. The first-order chi connectivity index (χ1) is 11.1. The van der Waals surface area contributed by atoms with Gasteiger partial charge >= 0.3 is 5.69 Å². The first kappa shape index (κ1) is 15.5. The number of rotatable bonds is 4. The lowest BCUT2D eigenvalue weighted by atomic mass is 10.0. The average molecular weight is 315 g/mol. The molecule has 23 heavy (non-hydrogen) atoms. The smallest absolute Gasteiger partial charge is 0.344 e. The van der Waals surface area contributed by atoms with E-state index in [4.69, 9.17) is 0 Å². The molecule has 1 fully saturated rings. The summed E-state index contributed by atoms with van der Waals surface area (Å²) < 4.78 is 1.03. The number of hydrogen-bond acceptors (Lipinski definition) is 5. The average Bonchev–Trinajstić information content (AvgIpc) is 2.57. The minimum absolute atomic E-state index is 0.151. The Labute approximate surface area is 134 Å². The summed E-state index contributed by atoms with van der Waals surface area (Å²) in [6.07, 6.45) is 2.05. The summed E-state index contributed by atoms with van der Waals surface area (Å²) in [5.41, 5.74) is 0.384. The van der Waals surface area contributed by atoms with E-state index in [-0.39, 0.29) is 11.9 Å². The van der Waals surface area contributed by atoms with Gasteiger partial charge in [0.15, 0.2) is 0 Å². The van der Waals surface area contributed by atoms with Crippen LogP contribution in [0.2, 0.25) is 0 Å². The first-order valence-electron chi connectivity index (χ1n) is 7.82. The van der Waals surface area contributed by atoms with Crippen molar-refractivity contribution in [1.29, 1.82) is 0 Å². The van der Waals surface area contributed by atoms with Crippen LogP contribution in [0.15, 0.2) is 39.9 Å². The molecule has 1 aromatic heterocycles. The number of piperidine rings is 1. The molecule has 0 unspecified atom stereocenters. The Morgan fingerprint density at radius 3 is 2.87 bits per heavy atom. The van der Waals surface area contributed by atoms with Crippen molar-refractivity contribution >= 4 is 5.82 Å². The van der Waals surface area contributed by atoms with Gasteiger partial charge in [-0.25, -0.2) is 9.89 Å². The van der Waals surface area contributed by atoms with Gasteiger partial charge in [-0.1, -0.05) is 30.3 Å². The number of likely N-dealkylation sites (tertiary alicyclic amines) is 1. The molecule has 0 spiro atoms. The number of anilines is 1. The zero-order valence-electron chi connectivity index (χ0n) is 13.2. The molecule has 7 nitrogen and oxygen atoms in total. The summed E-state index contributed by atoms with van der Waals surface area (Å²) in [7, 11) is 1.44. The predicted octanol–water partition coefficient (Wildman–Crippen LogP) is 0.545. The second-order valence-corrected chi connectivity index (χ2v) is 5.95.